The van der Waals surface area contributed by atoms with Gasteiger partial charge in [-0.2, -0.15) is 5.26 Å². The lowest BCUT2D eigenvalue weighted by Gasteiger charge is -2.38. The number of nitrogens with zero attached hydrogens (tertiary/aromatic N) is 4. The number of amides is 1. The Bertz CT molecular complexity index is 1150. The van der Waals surface area contributed by atoms with Crippen LogP contribution in [0.5, 0.6) is 0 Å². The monoisotopic (exact) mass is 618 g/mol. The fourth-order valence-electron chi connectivity index (χ4n) is 6.13. The van der Waals surface area contributed by atoms with Gasteiger partial charge in [-0.3, -0.25) is 9.78 Å². The van der Waals surface area contributed by atoms with E-state index in [-0.39, 0.29) is 11.8 Å². The molecule has 1 unspecified atom stereocenters. The molecule has 3 heterocycles. The van der Waals surface area contributed by atoms with Crippen LogP contribution in [0.25, 0.3) is 0 Å². The summed E-state index contributed by atoms with van der Waals surface area (Å²) in [5, 5.41) is 9.82. The summed E-state index contributed by atoms with van der Waals surface area (Å²) in [5.41, 5.74) is 5.08. The molecule has 0 spiro atoms. The predicted octanol–water partition coefficient (Wildman–Crippen LogP) is 6.31. The topological polar surface area (TPSA) is 60.2 Å². The summed E-state index contributed by atoms with van der Waals surface area (Å²) >= 11 is 13.9. The number of piperidine rings is 2. The molecule has 1 amide bonds. The predicted molar refractivity (Wildman–Crippen MR) is 144 cm³/mol. The van der Waals surface area contributed by atoms with Gasteiger partial charge in [-0.05, 0) is 101 Å². The molecule has 2 fully saturated rings. The zero-order chi connectivity index (χ0) is 24.5. The fraction of sp³-hybridized carbons (Fsp3) is 0.519. The molecular formula is C27H29Br2ClN4O. The third-order valence-electron chi connectivity index (χ3n) is 8.00. The Morgan fingerprint density at radius 1 is 1.06 bits per heavy atom. The lowest BCUT2D eigenvalue weighted by Crippen LogP contribution is -2.41. The quantitative estimate of drug-likeness (QED) is 0.378. The SMILES string of the molecule is N#CN1CCC(CC(=O)N2CCC(C3c4ncc(Br)cc4CCc4cc(Cl)cc(Br)c43)CC2)CC1. The van der Waals surface area contributed by atoms with Crippen molar-refractivity contribution in [2.75, 3.05) is 26.2 Å². The molecule has 1 aliphatic carbocycles. The van der Waals surface area contributed by atoms with Gasteiger partial charge in [0.05, 0.1) is 5.69 Å². The van der Waals surface area contributed by atoms with Gasteiger partial charge in [0, 0.05) is 58.7 Å². The highest BCUT2D eigenvalue weighted by Crippen LogP contribution is 2.46. The minimum absolute atomic E-state index is 0.190. The molecule has 184 valence electrons. The van der Waals surface area contributed by atoms with Crippen LogP contribution in [0, 0.1) is 23.3 Å². The van der Waals surface area contributed by atoms with Crippen molar-refractivity contribution in [3.8, 4) is 6.19 Å². The van der Waals surface area contributed by atoms with Gasteiger partial charge in [0.2, 0.25) is 5.91 Å². The number of carbonyl (C=O) groups is 1. The molecule has 0 saturated carbocycles. The van der Waals surface area contributed by atoms with E-state index in [1.54, 1.807) is 4.90 Å². The Morgan fingerprint density at radius 3 is 2.49 bits per heavy atom. The maximum atomic E-state index is 13.1. The molecule has 2 saturated heterocycles. The third kappa shape index (κ3) is 5.40. The summed E-state index contributed by atoms with van der Waals surface area (Å²) in [6.45, 7) is 3.14. The van der Waals surface area contributed by atoms with Crippen LogP contribution in [-0.4, -0.2) is 46.9 Å². The Labute approximate surface area is 229 Å². The maximum Gasteiger partial charge on any atom is 0.222 e. The molecular weight excluding hydrogens is 592 g/mol. The lowest BCUT2D eigenvalue weighted by molar-refractivity contribution is -0.134. The van der Waals surface area contributed by atoms with E-state index in [2.05, 4.69) is 55.1 Å². The highest BCUT2D eigenvalue weighted by atomic mass is 79.9. The number of benzene rings is 1. The Kier molecular flexibility index (Phi) is 7.72. The van der Waals surface area contributed by atoms with Crippen molar-refractivity contribution in [3.63, 3.8) is 0 Å². The average molecular weight is 621 g/mol. The van der Waals surface area contributed by atoms with E-state index in [0.29, 0.717) is 18.3 Å². The zero-order valence-corrected chi connectivity index (χ0v) is 23.6. The van der Waals surface area contributed by atoms with E-state index in [9.17, 15) is 4.79 Å². The van der Waals surface area contributed by atoms with E-state index in [1.807, 2.05) is 12.3 Å². The van der Waals surface area contributed by atoms with Crippen LogP contribution in [0.3, 0.4) is 0 Å². The number of pyridine rings is 1. The minimum atomic E-state index is 0.190. The second-order valence-electron chi connectivity index (χ2n) is 10.1. The Balaban J connectivity index is 1.33. The molecule has 3 aliphatic rings. The van der Waals surface area contributed by atoms with Crippen molar-refractivity contribution in [2.24, 2.45) is 11.8 Å². The molecule has 0 radical (unpaired) electrons. The molecule has 5 nitrogen and oxygen atoms in total. The van der Waals surface area contributed by atoms with E-state index in [0.717, 1.165) is 78.7 Å². The number of carbonyl (C=O) groups excluding carboxylic acids is 1. The number of rotatable bonds is 3. The van der Waals surface area contributed by atoms with Gasteiger partial charge in [-0.15, -0.1) is 0 Å². The molecule has 35 heavy (non-hydrogen) atoms. The van der Waals surface area contributed by atoms with Gasteiger partial charge in [0.15, 0.2) is 6.19 Å². The molecule has 1 atom stereocenters. The summed E-state index contributed by atoms with van der Waals surface area (Å²) < 4.78 is 2.07. The number of likely N-dealkylation sites (tertiary alicyclic amines) is 2. The second-order valence-corrected chi connectivity index (χ2v) is 12.3. The Morgan fingerprint density at radius 2 is 1.77 bits per heavy atom. The first kappa shape index (κ1) is 25.0. The minimum Gasteiger partial charge on any atom is -0.343 e. The maximum absolute atomic E-state index is 13.1. The standard InChI is InChI=1S/C27H29Br2ClN4O/c28-21-12-20-2-1-19-13-22(30)14-23(29)25(19)26(27(20)32-15-21)18-5-9-34(10-6-18)24(35)11-17-3-7-33(16-31)8-4-17/h12-15,17-18,26H,1-11H2. The van der Waals surface area contributed by atoms with Gasteiger partial charge in [0.1, 0.15) is 0 Å². The van der Waals surface area contributed by atoms with Crippen LogP contribution < -0.4 is 0 Å². The largest absolute Gasteiger partial charge is 0.343 e. The molecule has 0 bridgehead atoms. The number of hydrogen-bond donors (Lipinski definition) is 0. The number of nitriles is 1. The van der Waals surface area contributed by atoms with Gasteiger partial charge < -0.3 is 9.80 Å². The number of hydrogen-bond acceptors (Lipinski definition) is 4. The summed E-state index contributed by atoms with van der Waals surface area (Å²) in [4.78, 5) is 21.9. The summed E-state index contributed by atoms with van der Waals surface area (Å²) in [5.74, 6) is 1.28. The highest BCUT2D eigenvalue weighted by Gasteiger charge is 2.36. The van der Waals surface area contributed by atoms with Crippen molar-refractivity contribution < 1.29 is 4.79 Å². The summed E-state index contributed by atoms with van der Waals surface area (Å²) in [6, 6.07) is 6.34. The number of aryl methyl sites for hydroxylation is 2. The fourth-order valence-corrected chi connectivity index (χ4v) is 7.62. The first-order chi connectivity index (χ1) is 16.9. The van der Waals surface area contributed by atoms with Crippen molar-refractivity contribution >= 4 is 49.4 Å². The van der Waals surface area contributed by atoms with Crippen LogP contribution >= 0.6 is 43.5 Å². The normalized spacial score (nSPS) is 21.1. The van der Waals surface area contributed by atoms with Crippen molar-refractivity contribution in [1.29, 1.82) is 5.26 Å². The van der Waals surface area contributed by atoms with E-state index in [1.165, 1.54) is 22.4 Å². The van der Waals surface area contributed by atoms with Crippen molar-refractivity contribution in [2.45, 2.75) is 50.9 Å². The first-order valence-corrected chi connectivity index (χ1v) is 14.4. The van der Waals surface area contributed by atoms with E-state index in [4.69, 9.17) is 21.8 Å². The number of aromatic nitrogens is 1. The molecule has 2 aliphatic heterocycles. The molecule has 1 aromatic carbocycles. The van der Waals surface area contributed by atoms with E-state index >= 15 is 0 Å². The van der Waals surface area contributed by atoms with Crippen LogP contribution in [0.15, 0.2) is 33.3 Å². The van der Waals surface area contributed by atoms with Crippen molar-refractivity contribution in [3.05, 3.63) is 60.7 Å². The molecule has 0 N–H and O–H groups in total. The number of fused-ring (bicyclic) bond motifs is 2. The van der Waals surface area contributed by atoms with Gasteiger partial charge in [0.25, 0.3) is 0 Å². The summed E-state index contributed by atoms with van der Waals surface area (Å²) in [6.07, 6.45) is 10.4. The lowest BCUT2D eigenvalue weighted by atomic mass is 9.76. The van der Waals surface area contributed by atoms with Crippen LogP contribution in [0.4, 0.5) is 0 Å². The van der Waals surface area contributed by atoms with Crippen molar-refractivity contribution in [1.82, 2.24) is 14.8 Å². The van der Waals surface area contributed by atoms with Gasteiger partial charge in [-0.1, -0.05) is 27.5 Å². The zero-order valence-electron chi connectivity index (χ0n) is 19.7. The van der Waals surface area contributed by atoms with Gasteiger partial charge in [-0.25, -0.2) is 0 Å². The van der Waals surface area contributed by atoms with Crippen LogP contribution in [0.1, 0.15) is 60.4 Å². The average Bonchev–Trinajstić information content (AvgIpc) is 3.01. The summed E-state index contributed by atoms with van der Waals surface area (Å²) in [7, 11) is 0. The Hall–Kier alpha value is -1.62. The molecule has 8 heteroatoms. The first-order valence-electron chi connectivity index (χ1n) is 12.5. The van der Waals surface area contributed by atoms with Gasteiger partial charge >= 0.3 is 0 Å². The highest BCUT2D eigenvalue weighted by molar-refractivity contribution is 9.10. The van der Waals surface area contributed by atoms with E-state index < -0.39 is 0 Å². The van der Waals surface area contributed by atoms with Crippen LogP contribution in [0.2, 0.25) is 5.02 Å². The number of halogens is 3. The molecule has 2 aromatic rings. The molecule has 5 rings (SSSR count). The molecule has 1 aromatic heterocycles. The smallest absolute Gasteiger partial charge is 0.222 e. The van der Waals surface area contributed by atoms with Crippen LogP contribution in [-0.2, 0) is 17.6 Å². The second kappa shape index (κ2) is 10.8. The third-order valence-corrected chi connectivity index (χ3v) is 9.31.